The number of amides is 1. The molecule has 0 radical (unpaired) electrons. The standard InChI is InChI=1S/C26H23N3O4/c1-31-22-12-13-23(32-2)20(16-22)17-28-26(30)19-10-8-18(9-11-19)25-27-15-14-24(29-25)33-21-6-4-3-5-7-21/h3-16H,17H2,1-2H3,(H,28,30). The van der Waals surface area contributed by atoms with E-state index < -0.39 is 0 Å². The van der Waals surface area contributed by atoms with Gasteiger partial charge in [0.05, 0.1) is 14.2 Å². The van der Waals surface area contributed by atoms with Gasteiger partial charge in [0.1, 0.15) is 17.2 Å². The molecule has 166 valence electrons. The van der Waals surface area contributed by atoms with Crippen molar-refractivity contribution in [3.05, 3.63) is 96.2 Å². The summed E-state index contributed by atoms with van der Waals surface area (Å²) in [6.45, 7) is 0.308. The van der Waals surface area contributed by atoms with Gasteiger partial charge in [-0.1, -0.05) is 30.3 Å². The number of para-hydroxylation sites is 1. The number of methoxy groups -OCH3 is 2. The number of hydrogen-bond donors (Lipinski definition) is 1. The Bertz CT molecular complexity index is 1230. The smallest absolute Gasteiger partial charge is 0.251 e. The molecule has 1 aromatic heterocycles. The molecule has 0 saturated heterocycles. The highest BCUT2D eigenvalue weighted by Crippen LogP contribution is 2.24. The molecule has 1 N–H and O–H groups in total. The molecule has 0 fully saturated rings. The summed E-state index contributed by atoms with van der Waals surface area (Å²) in [7, 11) is 3.19. The molecule has 33 heavy (non-hydrogen) atoms. The lowest BCUT2D eigenvalue weighted by Crippen LogP contribution is -2.23. The van der Waals surface area contributed by atoms with Crippen LogP contribution in [0.1, 0.15) is 15.9 Å². The third-order valence-corrected chi connectivity index (χ3v) is 4.93. The summed E-state index contributed by atoms with van der Waals surface area (Å²) in [4.78, 5) is 21.4. The Morgan fingerprint density at radius 1 is 0.879 bits per heavy atom. The van der Waals surface area contributed by atoms with Gasteiger partial charge in [-0.3, -0.25) is 4.79 Å². The van der Waals surface area contributed by atoms with Gasteiger partial charge >= 0.3 is 0 Å². The first kappa shape index (κ1) is 21.8. The van der Waals surface area contributed by atoms with E-state index in [1.807, 2.05) is 60.7 Å². The third kappa shape index (κ3) is 5.46. The molecule has 0 saturated carbocycles. The van der Waals surface area contributed by atoms with Gasteiger partial charge in [0.25, 0.3) is 5.91 Å². The number of nitrogens with zero attached hydrogens (tertiary/aromatic N) is 2. The highest BCUT2D eigenvalue weighted by atomic mass is 16.5. The molecule has 0 bridgehead atoms. The molecule has 0 unspecified atom stereocenters. The molecule has 0 atom stereocenters. The lowest BCUT2D eigenvalue weighted by Gasteiger charge is -2.12. The second-order valence-corrected chi connectivity index (χ2v) is 7.07. The van der Waals surface area contributed by atoms with Gasteiger partial charge in [-0.15, -0.1) is 0 Å². The van der Waals surface area contributed by atoms with Crippen LogP contribution in [-0.2, 0) is 6.54 Å². The zero-order valence-corrected chi connectivity index (χ0v) is 18.3. The van der Waals surface area contributed by atoms with E-state index in [9.17, 15) is 4.79 Å². The molecule has 7 heteroatoms. The van der Waals surface area contributed by atoms with Gasteiger partial charge in [0, 0.05) is 35.5 Å². The number of ether oxygens (including phenoxy) is 3. The number of carbonyl (C=O) groups is 1. The Kier molecular flexibility index (Phi) is 6.80. The SMILES string of the molecule is COc1ccc(OC)c(CNC(=O)c2ccc(-c3nccc(Oc4ccccc4)n3)cc2)c1. The predicted octanol–water partition coefficient (Wildman–Crippen LogP) is 4.88. The second-order valence-electron chi connectivity index (χ2n) is 7.07. The summed E-state index contributed by atoms with van der Waals surface area (Å²) < 4.78 is 16.4. The number of aromatic nitrogens is 2. The van der Waals surface area contributed by atoms with Crippen molar-refractivity contribution in [2.75, 3.05) is 14.2 Å². The molecule has 0 aliphatic carbocycles. The molecule has 7 nitrogen and oxygen atoms in total. The first-order chi connectivity index (χ1) is 16.2. The molecular weight excluding hydrogens is 418 g/mol. The maximum Gasteiger partial charge on any atom is 0.251 e. The maximum absolute atomic E-state index is 12.6. The van der Waals surface area contributed by atoms with Crippen molar-refractivity contribution < 1.29 is 19.0 Å². The van der Waals surface area contributed by atoms with E-state index in [1.165, 1.54) is 0 Å². The molecule has 0 aliphatic heterocycles. The van der Waals surface area contributed by atoms with Gasteiger partial charge in [0.2, 0.25) is 5.88 Å². The number of rotatable bonds is 8. The molecule has 0 spiro atoms. The number of benzene rings is 3. The molecule has 4 rings (SSSR count). The molecule has 0 aliphatic rings. The van der Waals surface area contributed by atoms with Gasteiger partial charge in [-0.25, -0.2) is 4.98 Å². The van der Waals surface area contributed by atoms with Crippen LogP contribution in [0.2, 0.25) is 0 Å². The van der Waals surface area contributed by atoms with Gasteiger partial charge in [-0.2, -0.15) is 4.98 Å². The normalized spacial score (nSPS) is 10.4. The number of hydrogen-bond acceptors (Lipinski definition) is 6. The van der Waals surface area contributed by atoms with Gasteiger partial charge in [-0.05, 0) is 42.5 Å². The third-order valence-electron chi connectivity index (χ3n) is 4.93. The monoisotopic (exact) mass is 441 g/mol. The Labute approximate surface area is 192 Å². The van der Waals surface area contributed by atoms with Crippen LogP contribution in [0, 0.1) is 0 Å². The van der Waals surface area contributed by atoms with Crippen LogP contribution in [0.3, 0.4) is 0 Å². The Morgan fingerprint density at radius 2 is 1.67 bits per heavy atom. The van der Waals surface area contributed by atoms with E-state index in [0.29, 0.717) is 41.1 Å². The van der Waals surface area contributed by atoms with Crippen LogP contribution in [0.25, 0.3) is 11.4 Å². The summed E-state index contributed by atoms with van der Waals surface area (Å²) in [6.07, 6.45) is 1.64. The van der Waals surface area contributed by atoms with Gasteiger partial charge in [0.15, 0.2) is 5.82 Å². The van der Waals surface area contributed by atoms with Crippen molar-refractivity contribution in [1.82, 2.24) is 15.3 Å². The molecular formula is C26H23N3O4. The zero-order valence-electron chi connectivity index (χ0n) is 18.3. The van der Waals surface area contributed by atoms with E-state index in [1.54, 1.807) is 38.6 Å². The number of nitrogens with one attached hydrogen (secondary N) is 1. The van der Waals surface area contributed by atoms with E-state index >= 15 is 0 Å². The lowest BCUT2D eigenvalue weighted by atomic mass is 10.1. The fraction of sp³-hybridized carbons (Fsp3) is 0.115. The quantitative estimate of drug-likeness (QED) is 0.420. The van der Waals surface area contributed by atoms with Crippen molar-refractivity contribution in [1.29, 1.82) is 0 Å². The number of carbonyl (C=O) groups excluding carboxylic acids is 1. The topological polar surface area (TPSA) is 82.6 Å². The van der Waals surface area contributed by atoms with E-state index in [4.69, 9.17) is 14.2 Å². The van der Waals surface area contributed by atoms with Crippen molar-refractivity contribution in [2.45, 2.75) is 6.54 Å². The van der Waals surface area contributed by atoms with Crippen LogP contribution < -0.4 is 19.5 Å². The molecule has 4 aromatic rings. The largest absolute Gasteiger partial charge is 0.497 e. The minimum atomic E-state index is -0.200. The van der Waals surface area contributed by atoms with Gasteiger partial charge < -0.3 is 19.5 Å². The van der Waals surface area contributed by atoms with Crippen molar-refractivity contribution in [2.24, 2.45) is 0 Å². The first-order valence-corrected chi connectivity index (χ1v) is 10.3. The highest BCUT2D eigenvalue weighted by molar-refractivity contribution is 5.94. The Morgan fingerprint density at radius 3 is 2.39 bits per heavy atom. The van der Waals surface area contributed by atoms with Crippen LogP contribution >= 0.6 is 0 Å². The lowest BCUT2D eigenvalue weighted by molar-refractivity contribution is 0.0950. The first-order valence-electron chi connectivity index (χ1n) is 10.3. The fourth-order valence-corrected chi connectivity index (χ4v) is 3.22. The fourth-order valence-electron chi connectivity index (χ4n) is 3.22. The van der Waals surface area contributed by atoms with Crippen LogP contribution in [0.5, 0.6) is 23.1 Å². The molecule has 3 aromatic carbocycles. The Hall–Kier alpha value is -4.39. The van der Waals surface area contributed by atoms with Crippen molar-refractivity contribution in [3.63, 3.8) is 0 Å². The summed E-state index contributed by atoms with van der Waals surface area (Å²) in [5.74, 6) is 2.83. The van der Waals surface area contributed by atoms with E-state index in [-0.39, 0.29) is 5.91 Å². The zero-order chi connectivity index (χ0) is 23.0. The second kappa shape index (κ2) is 10.3. The average molecular weight is 441 g/mol. The minimum Gasteiger partial charge on any atom is -0.497 e. The highest BCUT2D eigenvalue weighted by Gasteiger charge is 2.11. The van der Waals surface area contributed by atoms with E-state index in [0.717, 1.165) is 11.1 Å². The average Bonchev–Trinajstić information content (AvgIpc) is 2.88. The van der Waals surface area contributed by atoms with E-state index in [2.05, 4.69) is 15.3 Å². The van der Waals surface area contributed by atoms with Crippen LogP contribution in [-0.4, -0.2) is 30.1 Å². The summed E-state index contributed by atoms with van der Waals surface area (Å²) in [5, 5.41) is 2.91. The van der Waals surface area contributed by atoms with Crippen LogP contribution in [0.15, 0.2) is 85.1 Å². The Balaban J connectivity index is 1.43. The van der Waals surface area contributed by atoms with Crippen molar-refractivity contribution in [3.8, 4) is 34.5 Å². The summed E-state index contributed by atoms with van der Waals surface area (Å²) >= 11 is 0. The summed E-state index contributed by atoms with van der Waals surface area (Å²) in [5.41, 5.74) is 2.13. The minimum absolute atomic E-state index is 0.200. The maximum atomic E-state index is 12.6. The molecule has 1 heterocycles. The van der Waals surface area contributed by atoms with Crippen LogP contribution in [0.4, 0.5) is 0 Å². The van der Waals surface area contributed by atoms with Crippen molar-refractivity contribution >= 4 is 5.91 Å². The molecule has 1 amide bonds. The summed E-state index contributed by atoms with van der Waals surface area (Å²) in [6, 6.07) is 23.7. The predicted molar refractivity (Wildman–Crippen MR) is 125 cm³/mol.